The second kappa shape index (κ2) is 8.60. The average Bonchev–Trinajstić information content (AvgIpc) is 3.62. The molecule has 1 aliphatic rings. The number of hydrogen-bond acceptors (Lipinski definition) is 4. The van der Waals surface area contributed by atoms with Crippen LogP contribution in [-0.4, -0.2) is 33.0 Å². The van der Waals surface area contributed by atoms with E-state index in [0.29, 0.717) is 16.6 Å². The van der Waals surface area contributed by atoms with Crippen LogP contribution in [0, 0.1) is 0 Å². The zero-order chi connectivity index (χ0) is 23.9. The van der Waals surface area contributed by atoms with Crippen molar-refractivity contribution >= 4 is 34.5 Å². The quantitative estimate of drug-likeness (QED) is 0.336. The van der Waals surface area contributed by atoms with E-state index in [0.717, 1.165) is 33.5 Å². The first-order valence-electron chi connectivity index (χ1n) is 11.3. The first-order valence-corrected chi connectivity index (χ1v) is 12.4. The van der Waals surface area contributed by atoms with Crippen molar-refractivity contribution in [2.45, 2.75) is 11.1 Å². The Bertz CT molecular complexity index is 1570. The number of pyridine rings is 1. The van der Waals surface area contributed by atoms with Crippen molar-refractivity contribution in [2.24, 2.45) is 0 Å². The van der Waals surface area contributed by atoms with E-state index in [1.54, 1.807) is 31.2 Å². The number of amides is 1. The van der Waals surface area contributed by atoms with Gasteiger partial charge in [-0.3, -0.25) is 14.3 Å². The van der Waals surface area contributed by atoms with Gasteiger partial charge in [0.25, 0.3) is 0 Å². The molecule has 0 radical (unpaired) electrons. The van der Waals surface area contributed by atoms with Gasteiger partial charge in [0.15, 0.2) is 5.78 Å². The molecule has 5 aromatic rings. The number of nitrogens with one attached hydrogen (secondary N) is 1. The molecule has 2 aromatic carbocycles. The van der Waals surface area contributed by atoms with Crippen molar-refractivity contribution in [3.05, 3.63) is 114 Å². The summed E-state index contributed by atoms with van der Waals surface area (Å²) in [4.78, 5) is 30.8. The number of fused-ring (bicyclic) bond motifs is 2. The van der Waals surface area contributed by atoms with Gasteiger partial charge in [0, 0.05) is 65.4 Å². The smallest absolute Gasteiger partial charge is 0.325 e. The molecule has 1 atom stereocenters. The highest BCUT2D eigenvalue weighted by Gasteiger charge is 2.30. The number of nitrogens with zero attached hydrogens (tertiary/aromatic N) is 3. The van der Waals surface area contributed by atoms with Gasteiger partial charge in [0.05, 0.1) is 5.52 Å². The number of rotatable bonds is 4. The highest BCUT2D eigenvalue weighted by molar-refractivity contribution is 7.99. The van der Waals surface area contributed by atoms with Crippen LogP contribution in [-0.2, 0) is 5.75 Å². The molecule has 0 bridgehead atoms. The van der Waals surface area contributed by atoms with Gasteiger partial charge in [-0.15, -0.1) is 11.8 Å². The van der Waals surface area contributed by atoms with Crippen molar-refractivity contribution in [1.29, 1.82) is 0 Å². The van der Waals surface area contributed by atoms with Gasteiger partial charge in [-0.05, 0) is 29.3 Å². The standard InChI is InChI=1S/C28H22N4O2S/c1-29-28(34)32-16-23(21-10-9-19(14-24(21)32)18-6-3-2-4-7-18)26(33)22-11-13-31-25(22)17-35-27(31)20-8-5-12-30-15-20/h2-16,27H,17H2,1H3,(H,29,34). The van der Waals surface area contributed by atoms with Crippen LogP contribution >= 0.6 is 11.8 Å². The third-order valence-corrected chi connectivity index (χ3v) is 7.71. The summed E-state index contributed by atoms with van der Waals surface area (Å²) in [6.45, 7) is 0. The number of aromatic nitrogens is 3. The SMILES string of the molecule is CNC(=O)n1cc(C(=O)c2ccn3c2CSC3c2cccnc2)c2ccc(-c3ccccc3)cc21. The molecule has 172 valence electrons. The minimum Gasteiger partial charge on any atom is -0.340 e. The number of benzene rings is 2. The fourth-order valence-electron chi connectivity index (χ4n) is 4.73. The van der Waals surface area contributed by atoms with Gasteiger partial charge < -0.3 is 9.88 Å². The van der Waals surface area contributed by atoms with Crippen molar-refractivity contribution in [1.82, 2.24) is 19.4 Å². The first kappa shape index (κ1) is 21.4. The first-order chi connectivity index (χ1) is 17.2. The summed E-state index contributed by atoms with van der Waals surface area (Å²) in [5.41, 5.74) is 6.04. The van der Waals surface area contributed by atoms with E-state index in [1.807, 2.05) is 73.1 Å². The third-order valence-electron chi connectivity index (χ3n) is 6.46. The van der Waals surface area contributed by atoms with Gasteiger partial charge in [0.2, 0.25) is 0 Å². The number of ketones is 1. The van der Waals surface area contributed by atoms with Gasteiger partial charge in [-0.2, -0.15) is 0 Å². The summed E-state index contributed by atoms with van der Waals surface area (Å²) in [5, 5.41) is 3.54. The highest BCUT2D eigenvalue weighted by Crippen LogP contribution is 2.42. The van der Waals surface area contributed by atoms with Crippen LogP contribution in [0.2, 0.25) is 0 Å². The molecule has 0 fully saturated rings. The molecule has 1 aliphatic heterocycles. The van der Waals surface area contributed by atoms with E-state index in [2.05, 4.69) is 20.9 Å². The van der Waals surface area contributed by atoms with Crippen LogP contribution in [0.25, 0.3) is 22.0 Å². The van der Waals surface area contributed by atoms with Crippen LogP contribution in [0.4, 0.5) is 4.79 Å². The summed E-state index contributed by atoms with van der Waals surface area (Å²) in [5.74, 6) is 0.658. The molecule has 6 rings (SSSR count). The number of carbonyl (C=O) groups excluding carboxylic acids is 2. The Balaban J connectivity index is 1.44. The lowest BCUT2D eigenvalue weighted by molar-refractivity contribution is 0.103. The topological polar surface area (TPSA) is 68.9 Å². The maximum absolute atomic E-state index is 13.8. The molecule has 1 amide bonds. The molecular formula is C28H22N4O2S. The minimum absolute atomic E-state index is 0.0775. The molecule has 3 aromatic heterocycles. The summed E-state index contributed by atoms with van der Waals surface area (Å²) in [7, 11) is 1.59. The summed E-state index contributed by atoms with van der Waals surface area (Å²) < 4.78 is 3.68. The van der Waals surface area contributed by atoms with Crippen molar-refractivity contribution < 1.29 is 9.59 Å². The Morgan fingerprint density at radius 3 is 2.63 bits per heavy atom. The summed E-state index contributed by atoms with van der Waals surface area (Å²) >= 11 is 1.78. The van der Waals surface area contributed by atoms with Gasteiger partial charge >= 0.3 is 6.03 Å². The Hall–Kier alpha value is -4.10. The second-order valence-corrected chi connectivity index (χ2v) is 9.50. The number of thioether (sulfide) groups is 1. The zero-order valence-electron chi connectivity index (χ0n) is 19.0. The monoisotopic (exact) mass is 478 g/mol. The van der Waals surface area contributed by atoms with Crippen LogP contribution < -0.4 is 5.32 Å². The van der Waals surface area contributed by atoms with Crippen molar-refractivity contribution in [3.8, 4) is 11.1 Å². The third kappa shape index (κ3) is 3.56. The van der Waals surface area contributed by atoms with Gasteiger partial charge in [-0.1, -0.05) is 48.5 Å². The molecule has 1 N–H and O–H groups in total. The lowest BCUT2D eigenvalue weighted by atomic mass is 10.00. The largest absolute Gasteiger partial charge is 0.340 e. The zero-order valence-corrected chi connectivity index (χ0v) is 19.8. The average molecular weight is 479 g/mol. The van der Waals surface area contributed by atoms with Gasteiger partial charge in [-0.25, -0.2) is 4.79 Å². The Kier molecular flexibility index (Phi) is 5.26. The molecule has 0 saturated carbocycles. The van der Waals surface area contributed by atoms with E-state index in [1.165, 1.54) is 4.57 Å². The fraction of sp³-hybridized carbons (Fsp3) is 0.107. The van der Waals surface area contributed by atoms with Crippen LogP contribution in [0.3, 0.4) is 0 Å². The highest BCUT2D eigenvalue weighted by atomic mass is 32.2. The van der Waals surface area contributed by atoms with Gasteiger partial charge in [0.1, 0.15) is 5.37 Å². The molecule has 6 nitrogen and oxygen atoms in total. The predicted octanol–water partition coefficient (Wildman–Crippen LogP) is 5.72. The van der Waals surface area contributed by atoms with E-state index in [9.17, 15) is 9.59 Å². The van der Waals surface area contributed by atoms with Crippen LogP contribution in [0.15, 0.2) is 91.5 Å². The molecule has 7 heteroatoms. The Morgan fingerprint density at radius 1 is 1.00 bits per heavy atom. The second-order valence-electron chi connectivity index (χ2n) is 8.43. The normalized spacial score (nSPS) is 14.7. The van der Waals surface area contributed by atoms with E-state index in [-0.39, 0.29) is 17.2 Å². The summed E-state index contributed by atoms with van der Waals surface area (Å²) in [6.07, 6.45) is 7.27. The number of carbonyl (C=O) groups is 2. The molecule has 0 aliphatic carbocycles. The predicted molar refractivity (Wildman–Crippen MR) is 139 cm³/mol. The van der Waals surface area contributed by atoms with Crippen molar-refractivity contribution in [3.63, 3.8) is 0 Å². The van der Waals surface area contributed by atoms with E-state index in [4.69, 9.17) is 0 Å². The molecule has 0 saturated heterocycles. The molecule has 0 spiro atoms. The maximum atomic E-state index is 13.8. The maximum Gasteiger partial charge on any atom is 0.325 e. The Labute approximate surface area is 206 Å². The van der Waals surface area contributed by atoms with E-state index >= 15 is 0 Å². The lowest BCUT2D eigenvalue weighted by Crippen LogP contribution is -2.23. The molecular weight excluding hydrogens is 456 g/mol. The fourth-order valence-corrected chi connectivity index (χ4v) is 6.04. The van der Waals surface area contributed by atoms with Crippen LogP contribution in [0.5, 0.6) is 0 Å². The molecule has 35 heavy (non-hydrogen) atoms. The number of hydrogen-bond donors (Lipinski definition) is 1. The van der Waals surface area contributed by atoms with Crippen molar-refractivity contribution in [2.75, 3.05) is 7.05 Å². The van der Waals surface area contributed by atoms with E-state index < -0.39 is 0 Å². The molecule has 1 unspecified atom stereocenters. The lowest BCUT2D eigenvalue weighted by Gasteiger charge is -2.11. The Morgan fingerprint density at radius 2 is 1.86 bits per heavy atom. The minimum atomic E-state index is -0.284. The van der Waals surface area contributed by atoms with Crippen LogP contribution in [0.1, 0.15) is 32.6 Å². The molecule has 4 heterocycles. The summed E-state index contributed by atoms with van der Waals surface area (Å²) in [6, 6.07) is 21.5.